The minimum atomic E-state index is -1.73. The van der Waals surface area contributed by atoms with Crippen LogP contribution in [0.2, 0.25) is 0 Å². The summed E-state index contributed by atoms with van der Waals surface area (Å²) in [6, 6.07) is 9.31. The van der Waals surface area contributed by atoms with Crippen LogP contribution in [0, 0.1) is 0 Å². The van der Waals surface area contributed by atoms with Gasteiger partial charge in [-0.1, -0.05) is 66.3 Å². The Kier molecular flexibility index (Phi) is 8.25. The van der Waals surface area contributed by atoms with Crippen LogP contribution in [0.1, 0.15) is 26.2 Å². The van der Waals surface area contributed by atoms with Gasteiger partial charge in [0.2, 0.25) is 9.70 Å². The molecular weight excluding hydrogens is 365 g/mol. The summed E-state index contributed by atoms with van der Waals surface area (Å²) in [6.45, 7) is 2.00. The van der Waals surface area contributed by atoms with E-state index in [4.69, 9.17) is 47.0 Å². The van der Waals surface area contributed by atoms with Crippen LogP contribution in [0.25, 0.3) is 0 Å². The van der Waals surface area contributed by atoms with E-state index in [1.165, 1.54) is 0 Å². The van der Waals surface area contributed by atoms with Crippen LogP contribution in [0.4, 0.5) is 5.69 Å². The zero-order valence-corrected chi connectivity index (χ0v) is 15.1. The van der Waals surface area contributed by atoms with Gasteiger partial charge in [-0.2, -0.15) is 0 Å². The molecule has 0 aliphatic rings. The average Bonchev–Trinajstić information content (AvgIpc) is 2.44. The molecule has 0 saturated heterocycles. The second-order valence-electron chi connectivity index (χ2n) is 4.61. The third-order valence-electron chi connectivity index (χ3n) is 2.70. The molecule has 1 amide bonds. The summed E-state index contributed by atoms with van der Waals surface area (Å²) in [4.78, 5) is 11.8. The minimum absolute atomic E-state index is 0.201. The Morgan fingerprint density at radius 2 is 1.86 bits per heavy atom. The molecule has 0 heterocycles. The maximum absolute atomic E-state index is 11.8. The van der Waals surface area contributed by atoms with E-state index in [1.807, 2.05) is 37.3 Å². The number of hydrogen-bond donors (Lipinski definition) is 3. The molecule has 4 nitrogen and oxygen atoms in total. The SMILES string of the molecule is CCCCC(=O)NC(NC(=S)Nc1ccccc1)C(Cl)(Cl)Cl. The molecule has 0 aliphatic heterocycles. The van der Waals surface area contributed by atoms with E-state index in [9.17, 15) is 4.79 Å². The molecule has 1 rings (SSSR count). The number of nitrogens with one attached hydrogen (secondary N) is 3. The van der Waals surface area contributed by atoms with Crippen molar-refractivity contribution >= 4 is 63.7 Å². The maximum Gasteiger partial charge on any atom is 0.228 e. The summed E-state index contributed by atoms with van der Waals surface area (Å²) in [5.41, 5.74) is 0.792. The Labute approximate surface area is 150 Å². The first kappa shape index (κ1) is 19.3. The predicted molar refractivity (Wildman–Crippen MR) is 97.5 cm³/mol. The number of anilines is 1. The first-order valence-electron chi connectivity index (χ1n) is 6.81. The fourth-order valence-corrected chi connectivity index (χ4v) is 2.15. The Balaban J connectivity index is 2.61. The molecule has 8 heteroatoms. The minimum Gasteiger partial charge on any atom is -0.339 e. The van der Waals surface area contributed by atoms with Crippen molar-refractivity contribution in [3.63, 3.8) is 0 Å². The van der Waals surface area contributed by atoms with E-state index < -0.39 is 9.96 Å². The number of carbonyl (C=O) groups is 1. The number of unbranched alkanes of at least 4 members (excludes halogenated alkanes) is 1. The number of benzene rings is 1. The number of para-hydroxylation sites is 1. The Morgan fingerprint density at radius 1 is 1.23 bits per heavy atom. The number of rotatable bonds is 6. The second-order valence-corrected chi connectivity index (χ2v) is 7.39. The highest BCUT2D eigenvalue weighted by atomic mass is 35.6. The molecule has 1 aromatic rings. The van der Waals surface area contributed by atoms with E-state index in [2.05, 4.69) is 16.0 Å². The van der Waals surface area contributed by atoms with Gasteiger partial charge in [-0.25, -0.2) is 0 Å². The molecule has 1 aromatic carbocycles. The highest BCUT2D eigenvalue weighted by Crippen LogP contribution is 2.29. The Hall–Kier alpha value is -0.750. The number of amides is 1. The molecule has 3 N–H and O–H groups in total. The third-order valence-corrected chi connectivity index (χ3v) is 3.57. The second kappa shape index (κ2) is 9.40. The van der Waals surface area contributed by atoms with Crippen molar-refractivity contribution in [2.24, 2.45) is 0 Å². The van der Waals surface area contributed by atoms with Crippen LogP contribution in [-0.4, -0.2) is 21.0 Å². The first-order chi connectivity index (χ1) is 10.3. The van der Waals surface area contributed by atoms with Gasteiger partial charge in [-0.3, -0.25) is 4.79 Å². The van der Waals surface area contributed by atoms with Crippen molar-refractivity contribution < 1.29 is 4.79 Å². The number of halogens is 3. The van der Waals surface area contributed by atoms with Gasteiger partial charge in [0, 0.05) is 12.1 Å². The van der Waals surface area contributed by atoms with Gasteiger partial charge >= 0.3 is 0 Å². The number of hydrogen-bond acceptors (Lipinski definition) is 2. The summed E-state index contributed by atoms with van der Waals surface area (Å²) in [5.74, 6) is -0.201. The van der Waals surface area contributed by atoms with Crippen molar-refractivity contribution in [1.29, 1.82) is 0 Å². The smallest absolute Gasteiger partial charge is 0.228 e. The largest absolute Gasteiger partial charge is 0.339 e. The molecular formula is C14H18Cl3N3OS. The van der Waals surface area contributed by atoms with E-state index in [1.54, 1.807) is 0 Å². The fraction of sp³-hybridized carbons (Fsp3) is 0.429. The Morgan fingerprint density at radius 3 is 2.41 bits per heavy atom. The first-order valence-corrected chi connectivity index (χ1v) is 8.35. The van der Waals surface area contributed by atoms with Gasteiger partial charge in [0.05, 0.1) is 0 Å². The maximum atomic E-state index is 11.8. The average molecular weight is 383 g/mol. The highest BCUT2D eigenvalue weighted by molar-refractivity contribution is 7.80. The van der Waals surface area contributed by atoms with Gasteiger partial charge in [0.15, 0.2) is 5.11 Å². The van der Waals surface area contributed by atoms with Crippen molar-refractivity contribution in [1.82, 2.24) is 10.6 Å². The molecule has 0 spiro atoms. The van der Waals surface area contributed by atoms with Crippen molar-refractivity contribution in [2.75, 3.05) is 5.32 Å². The molecule has 1 atom stereocenters. The zero-order valence-electron chi connectivity index (χ0n) is 12.0. The summed E-state index contributed by atoms with van der Waals surface area (Å²) < 4.78 is -1.73. The molecule has 0 aromatic heterocycles. The number of alkyl halides is 3. The number of thiocarbonyl (C=S) groups is 1. The Bertz CT molecular complexity index is 494. The van der Waals surface area contributed by atoms with Crippen molar-refractivity contribution in [3.05, 3.63) is 30.3 Å². The van der Waals surface area contributed by atoms with Gasteiger partial charge in [-0.15, -0.1) is 0 Å². The van der Waals surface area contributed by atoms with E-state index in [0.717, 1.165) is 18.5 Å². The summed E-state index contributed by atoms with van der Waals surface area (Å²) in [6.07, 6.45) is 1.12. The van der Waals surface area contributed by atoms with Gasteiger partial charge in [0.1, 0.15) is 6.17 Å². The zero-order chi connectivity index (χ0) is 16.6. The lowest BCUT2D eigenvalue weighted by Crippen LogP contribution is -2.56. The topological polar surface area (TPSA) is 53.2 Å². The summed E-state index contributed by atoms with van der Waals surface area (Å²) >= 11 is 22.8. The lowest BCUT2D eigenvalue weighted by atomic mass is 10.2. The molecule has 0 aliphatic carbocycles. The fourth-order valence-electron chi connectivity index (χ4n) is 1.59. The van der Waals surface area contributed by atoms with Crippen molar-refractivity contribution in [2.45, 2.75) is 36.1 Å². The lowest BCUT2D eigenvalue weighted by molar-refractivity contribution is -0.122. The predicted octanol–water partition coefficient (Wildman–Crippen LogP) is 3.98. The van der Waals surface area contributed by atoms with Gasteiger partial charge < -0.3 is 16.0 Å². The van der Waals surface area contributed by atoms with E-state index >= 15 is 0 Å². The van der Waals surface area contributed by atoms with E-state index in [-0.39, 0.29) is 11.0 Å². The molecule has 0 fully saturated rings. The lowest BCUT2D eigenvalue weighted by Gasteiger charge is -2.27. The number of carbonyl (C=O) groups excluding carboxylic acids is 1. The van der Waals surface area contributed by atoms with Crippen LogP contribution < -0.4 is 16.0 Å². The summed E-state index contributed by atoms with van der Waals surface area (Å²) in [5, 5.41) is 8.64. The monoisotopic (exact) mass is 381 g/mol. The molecule has 0 saturated carbocycles. The van der Waals surface area contributed by atoms with Crippen LogP contribution in [0.5, 0.6) is 0 Å². The molecule has 1 unspecified atom stereocenters. The highest BCUT2D eigenvalue weighted by Gasteiger charge is 2.34. The van der Waals surface area contributed by atoms with Crippen LogP contribution >= 0.6 is 47.0 Å². The van der Waals surface area contributed by atoms with Crippen LogP contribution in [-0.2, 0) is 4.79 Å². The quantitative estimate of drug-likeness (QED) is 0.396. The van der Waals surface area contributed by atoms with E-state index in [0.29, 0.717) is 6.42 Å². The standard InChI is InChI=1S/C14H18Cl3N3OS/c1-2-3-9-11(21)19-12(14(15,16)17)20-13(22)18-10-7-5-4-6-8-10/h4-8,12H,2-3,9H2,1H3,(H,19,21)(H2,18,20,22). The molecule has 0 bridgehead atoms. The third kappa shape index (κ3) is 7.49. The molecule has 0 radical (unpaired) electrons. The molecule has 22 heavy (non-hydrogen) atoms. The summed E-state index contributed by atoms with van der Waals surface area (Å²) in [7, 11) is 0. The van der Waals surface area contributed by atoms with Crippen LogP contribution in [0.3, 0.4) is 0 Å². The van der Waals surface area contributed by atoms with Crippen LogP contribution in [0.15, 0.2) is 30.3 Å². The van der Waals surface area contributed by atoms with Gasteiger partial charge in [0.25, 0.3) is 0 Å². The molecule has 122 valence electrons. The van der Waals surface area contributed by atoms with Crippen molar-refractivity contribution in [3.8, 4) is 0 Å². The normalized spacial score (nSPS) is 12.4. The van der Waals surface area contributed by atoms with Gasteiger partial charge in [-0.05, 0) is 30.8 Å².